The first-order valence-electron chi connectivity index (χ1n) is 4.96. The summed E-state index contributed by atoms with van der Waals surface area (Å²) in [5, 5.41) is 0. The molecule has 0 radical (unpaired) electrons. The van der Waals surface area contributed by atoms with Gasteiger partial charge in [-0.2, -0.15) is 0 Å². The van der Waals surface area contributed by atoms with Crippen molar-refractivity contribution in [3.63, 3.8) is 0 Å². The minimum absolute atomic E-state index is 0.346. The summed E-state index contributed by atoms with van der Waals surface area (Å²) in [6.45, 7) is 8.00. The summed E-state index contributed by atoms with van der Waals surface area (Å²) >= 11 is 0. The molecule has 80 valence electrons. The van der Waals surface area contributed by atoms with Crippen molar-refractivity contribution in [3.05, 3.63) is 0 Å². The fraction of sp³-hybridized carbons (Fsp3) is 0.875. The molecule has 0 aromatic rings. The zero-order valence-corrected chi connectivity index (χ0v) is 10.1. The summed E-state index contributed by atoms with van der Waals surface area (Å²) in [4.78, 5) is 4.93. The Bertz CT molecular complexity index is 225. The molecular weight excluding hydrogens is 216 g/mol. The minimum Gasteiger partial charge on any atom is -0.301 e. The van der Waals surface area contributed by atoms with Gasteiger partial charge in [-0.1, -0.05) is 11.6 Å². The molecule has 0 spiro atoms. The molecule has 1 atom stereocenters. The number of hydrogen-bond acceptors (Lipinski definition) is 5. The molecule has 6 heteroatoms. The maximum atomic E-state index is 5.86. The number of rotatable bonds is 2. The minimum atomic E-state index is 0.346. The zero-order chi connectivity index (χ0) is 9.97. The maximum Gasteiger partial charge on any atom is 0.296 e. The molecule has 2 aliphatic rings. The Morgan fingerprint density at radius 3 is 2.64 bits per heavy atom. The maximum absolute atomic E-state index is 5.86. The first-order valence-corrected chi connectivity index (χ1v) is 7.24. The quantitative estimate of drug-likeness (QED) is 0.419. The summed E-state index contributed by atoms with van der Waals surface area (Å²) < 4.78 is 1.82. The van der Waals surface area contributed by atoms with Gasteiger partial charge in [-0.05, 0) is 6.54 Å². The van der Waals surface area contributed by atoms with E-state index in [0.717, 1.165) is 13.1 Å². The second kappa shape index (κ2) is 4.74. The highest BCUT2D eigenvalue weighted by Crippen LogP contribution is 2.32. The van der Waals surface area contributed by atoms with Crippen LogP contribution in [0.3, 0.4) is 0 Å². The van der Waals surface area contributed by atoms with Gasteiger partial charge >= 0.3 is 0 Å². The predicted octanol–water partition coefficient (Wildman–Crippen LogP) is 0.217. The van der Waals surface area contributed by atoms with Gasteiger partial charge < -0.3 is 4.90 Å². The van der Waals surface area contributed by atoms with Gasteiger partial charge in [0.1, 0.15) is 0 Å². The van der Waals surface area contributed by atoms with E-state index >= 15 is 0 Å². The molecule has 4 nitrogen and oxygen atoms in total. The molecule has 0 bridgehead atoms. The first-order chi connectivity index (χ1) is 6.81. The van der Waals surface area contributed by atoms with Crippen molar-refractivity contribution >= 4 is 27.1 Å². The van der Waals surface area contributed by atoms with Gasteiger partial charge in [0.15, 0.2) is 0 Å². The van der Waals surface area contributed by atoms with Crippen molar-refractivity contribution < 1.29 is 4.68 Å². The molecule has 1 unspecified atom stereocenters. The van der Waals surface area contributed by atoms with Crippen LogP contribution in [0.15, 0.2) is 0 Å². The van der Waals surface area contributed by atoms with Crippen LogP contribution in [-0.4, -0.2) is 58.3 Å². The van der Waals surface area contributed by atoms with Gasteiger partial charge in [-0.3, -0.25) is 0 Å². The Hall–Kier alpha value is 0.0900. The summed E-state index contributed by atoms with van der Waals surface area (Å²) in [6, 6.07) is 0. The lowest BCUT2D eigenvalue weighted by molar-refractivity contribution is -0.568. The number of likely N-dealkylation sites (N-methyl/N-ethyl adjacent to an activating group) is 1. The van der Waals surface area contributed by atoms with Gasteiger partial charge in [-0.25, -0.2) is 10.7 Å². The van der Waals surface area contributed by atoms with Crippen LogP contribution in [0, 0.1) is 0 Å². The summed E-state index contributed by atoms with van der Waals surface area (Å²) in [7, 11) is 3.56. The highest BCUT2D eigenvalue weighted by molar-refractivity contribution is 8.82. The van der Waals surface area contributed by atoms with Crippen molar-refractivity contribution in [2.24, 2.45) is 5.84 Å². The summed E-state index contributed by atoms with van der Waals surface area (Å²) in [5.74, 6) is 5.86. The number of nitrogens with two attached hydrogens (primary N) is 1. The predicted molar refractivity (Wildman–Crippen MR) is 63.2 cm³/mol. The number of piperazine rings is 1. The van der Waals surface area contributed by atoms with E-state index in [1.54, 1.807) is 10.8 Å². The highest BCUT2D eigenvalue weighted by Gasteiger charge is 2.34. The van der Waals surface area contributed by atoms with Crippen LogP contribution in [0.25, 0.3) is 0 Å². The van der Waals surface area contributed by atoms with Crippen LogP contribution in [0.2, 0.25) is 0 Å². The lowest BCUT2D eigenvalue weighted by Crippen LogP contribution is -2.52. The van der Waals surface area contributed by atoms with Crippen molar-refractivity contribution in [2.45, 2.75) is 12.4 Å². The van der Waals surface area contributed by atoms with E-state index in [1.807, 2.05) is 21.0 Å². The van der Waals surface area contributed by atoms with Gasteiger partial charge in [0, 0.05) is 47.8 Å². The highest BCUT2D eigenvalue weighted by atomic mass is 33.1. The molecule has 2 N–H and O–H groups in total. The molecule has 0 aromatic carbocycles. The van der Waals surface area contributed by atoms with Gasteiger partial charge in [0.25, 0.3) is 5.50 Å². The monoisotopic (exact) mass is 233 g/mol. The number of hydrazine groups is 1. The fourth-order valence-corrected chi connectivity index (χ4v) is 4.12. The molecule has 2 heterocycles. The molecule has 14 heavy (non-hydrogen) atoms. The average Bonchev–Trinajstić information content (AvgIpc) is 2.65. The molecule has 2 aliphatic heterocycles. The summed E-state index contributed by atoms with van der Waals surface area (Å²) in [6.07, 6.45) is 0. The van der Waals surface area contributed by atoms with E-state index in [4.69, 9.17) is 5.84 Å². The molecule has 0 amide bonds. The SMILES string of the molecule is CCN1CCN(C2SSC=[N+]2N)CC1. The Morgan fingerprint density at radius 2 is 2.14 bits per heavy atom. The van der Waals surface area contributed by atoms with Crippen LogP contribution in [0.1, 0.15) is 6.92 Å². The normalized spacial score (nSPS) is 30.6. The molecule has 2 rings (SSSR count). The van der Waals surface area contributed by atoms with E-state index in [2.05, 4.69) is 16.7 Å². The van der Waals surface area contributed by atoms with E-state index in [-0.39, 0.29) is 0 Å². The topological polar surface area (TPSA) is 35.5 Å². The standard InChI is InChI=1S/C8H17N4S2/c1-2-10-3-5-11(6-4-10)8-12(9)7-13-14-8/h7-8H,2-6,9H2,1H3/q+1. The second-order valence-electron chi connectivity index (χ2n) is 3.54. The van der Waals surface area contributed by atoms with Gasteiger partial charge in [0.05, 0.1) is 0 Å². The van der Waals surface area contributed by atoms with E-state index in [0.29, 0.717) is 5.50 Å². The van der Waals surface area contributed by atoms with Crippen LogP contribution in [-0.2, 0) is 0 Å². The van der Waals surface area contributed by atoms with Gasteiger partial charge in [0.2, 0.25) is 5.55 Å². The Balaban J connectivity index is 1.86. The fourth-order valence-electron chi connectivity index (χ4n) is 1.78. The van der Waals surface area contributed by atoms with Crippen molar-refractivity contribution in [1.29, 1.82) is 0 Å². The van der Waals surface area contributed by atoms with Crippen molar-refractivity contribution in [3.8, 4) is 0 Å². The van der Waals surface area contributed by atoms with Crippen molar-refractivity contribution in [1.82, 2.24) is 9.80 Å². The van der Waals surface area contributed by atoms with Crippen LogP contribution in [0.4, 0.5) is 0 Å². The van der Waals surface area contributed by atoms with Crippen molar-refractivity contribution in [2.75, 3.05) is 32.7 Å². The smallest absolute Gasteiger partial charge is 0.296 e. The Kier molecular flexibility index (Phi) is 3.59. The number of hydrazone groups is 1. The Labute approximate surface area is 92.9 Å². The third-order valence-corrected chi connectivity index (χ3v) is 4.99. The third-order valence-electron chi connectivity index (χ3n) is 2.73. The number of nitrogens with zero attached hydrogens (tertiary/aromatic N) is 3. The average molecular weight is 233 g/mol. The van der Waals surface area contributed by atoms with E-state index < -0.39 is 0 Å². The first kappa shape index (κ1) is 10.6. The summed E-state index contributed by atoms with van der Waals surface area (Å²) in [5.41, 5.74) is 2.33. The zero-order valence-electron chi connectivity index (χ0n) is 8.43. The lowest BCUT2D eigenvalue weighted by atomic mass is 10.3. The van der Waals surface area contributed by atoms with Crippen LogP contribution < -0.4 is 5.84 Å². The number of hydrogen-bond donors (Lipinski definition) is 1. The second-order valence-corrected chi connectivity index (χ2v) is 5.71. The molecule has 1 saturated heterocycles. The molecule has 0 aromatic heterocycles. The molecule has 1 fully saturated rings. The van der Waals surface area contributed by atoms with Crippen LogP contribution >= 0.6 is 21.6 Å². The van der Waals surface area contributed by atoms with E-state index in [1.165, 1.54) is 19.6 Å². The lowest BCUT2D eigenvalue weighted by Gasteiger charge is -2.34. The van der Waals surface area contributed by atoms with Gasteiger partial charge in [-0.15, -0.1) is 0 Å². The van der Waals surface area contributed by atoms with E-state index in [9.17, 15) is 0 Å². The molecule has 0 aliphatic carbocycles. The third kappa shape index (κ3) is 2.18. The molecular formula is C8H17N4S2+. The molecule has 0 saturated carbocycles. The van der Waals surface area contributed by atoms with Crippen LogP contribution in [0.5, 0.6) is 0 Å². The largest absolute Gasteiger partial charge is 0.301 e. The Morgan fingerprint density at radius 1 is 1.43 bits per heavy atom.